The molecule has 0 aliphatic heterocycles. The number of rotatable bonds is 3. The van der Waals surface area contributed by atoms with Crippen molar-refractivity contribution >= 4 is 28.8 Å². The van der Waals surface area contributed by atoms with Crippen molar-refractivity contribution in [3.05, 3.63) is 34.9 Å². The summed E-state index contributed by atoms with van der Waals surface area (Å²) >= 11 is 1.21. The quantitative estimate of drug-likeness (QED) is 0.469. The van der Waals surface area contributed by atoms with Crippen molar-refractivity contribution in [3.63, 3.8) is 0 Å². The smallest absolute Gasteiger partial charge is 0.248 e. The summed E-state index contributed by atoms with van der Waals surface area (Å²) in [7, 11) is 0. The van der Waals surface area contributed by atoms with E-state index in [1.807, 2.05) is 13.0 Å². The molecule has 0 spiro atoms. The highest BCUT2D eigenvalue weighted by atomic mass is 32.2. The van der Waals surface area contributed by atoms with Gasteiger partial charge >= 0.3 is 0 Å². The number of hydrogen-bond acceptors (Lipinski definition) is 3. The molecule has 96 valence electrons. The number of thioether (sulfide) groups is 1. The Balaban J connectivity index is 2.72. The SMILES string of the molecule is Cc1cc(C(N)=O)ccc1CSC(=N)N=C(N)N. The van der Waals surface area contributed by atoms with Crippen molar-refractivity contribution in [2.24, 2.45) is 22.2 Å². The summed E-state index contributed by atoms with van der Waals surface area (Å²) in [6, 6.07) is 5.20. The summed E-state index contributed by atoms with van der Waals surface area (Å²) in [5.74, 6) is -0.0284. The fourth-order valence-electron chi connectivity index (χ4n) is 1.31. The Hall–Kier alpha value is -2.02. The second-order valence-electron chi connectivity index (χ2n) is 3.64. The fraction of sp³-hybridized carbons (Fsp3) is 0.182. The van der Waals surface area contributed by atoms with Gasteiger partial charge in [-0.25, -0.2) is 0 Å². The van der Waals surface area contributed by atoms with E-state index in [2.05, 4.69) is 4.99 Å². The summed E-state index contributed by atoms with van der Waals surface area (Å²) in [5, 5.41) is 7.54. The number of nitrogens with one attached hydrogen (secondary N) is 1. The molecule has 7 N–H and O–H groups in total. The topological polar surface area (TPSA) is 131 Å². The molecule has 18 heavy (non-hydrogen) atoms. The Kier molecular flexibility index (Phi) is 4.73. The van der Waals surface area contributed by atoms with Crippen molar-refractivity contribution in [2.75, 3.05) is 0 Å². The maximum Gasteiger partial charge on any atom is 0.248 e. The van der Waals surface area contributed by atoms with Gasteiger partial charge in [0, 0.05) is 11.3 Å². The standard InChI is InChI=1S/C11H15N5OS/c1-6-4-7(9(12)17)2-3-8(6)5-18-11(15)16-10(13)14/h2-4H,5H2,1H3,(H2,12,17)(H5,13,14,15,16). The van der Waals surface area contributed by atoms with Crippen LogP contribution >= 0.6 is 11.8 Å². The van der Waals surface area contributed by atoms with Gasteiger partial charge in [-0.1, -0.05) is 17.8 Å². The van der Waals surface area contributed by atoms with Gasteiger partial charge in [0.1, 0.15) is 0 Å². The van der Waals surface area contributed by atoms with Crippen LogP contribution < -0.4 is 17.2 Å². The van der Waals surface area contributed by atoms with Crippen LogP contribution in [-0.2, 0) is 5.75 Å². The van der Waals surface area contributed by atoms with Crippen LogP contribution in [0.5, 0.6) is 0 Å². The van der Waals surface area contributed by atoms with Gasteiger partial charge in [0.15, 0.2) is 11.1 Å². The maximum absolute atomic E-state index is 11.0. The van der Waals surface area contributed by atoms with Gasteiger partial charge < -0.3 is 17.2 Å². The molecule has 1 aromatic carbocycles. The number of nitrogens with zero attached hydrogens (tertiary/aromatic N) is 1. The first-order valence-electron chi connectivity index (χ1n) is 5.10. The minimum Gasteiger partial charge on any atom is -0.370 e. The first-order chi connectivity index (χ1) is 8.40. The molecule has 0 aromatic heterocycles. The zero-order valence-electron chi connectivity index (χ0n) is 9.93. The molecule has 0 saturated carbocycles. The predicted molar refractivity (Wildman–Crippen MR) is 74.5 cm³/mol. The number of carbonyl (C=O) groups excluding carboxylic acids is 1. The fourth-order valence-corrected chi connectivity index (χ4v) is 2.09. The molecule has 0 heterocycles. The Bertz CT molecular complexity index is 508. The highest BCUT2D eigenvalue weighted by Crippen LogP contribution is 2.18. The first kappa shape index (κ1) is 14.0. The number of hydrogen-bond donors (Lipinski definition) is 4. The van der Waals surface area contributed by atoms with E-state index in [4.69, 9.17) is 22.6 Å². The zero-order chi connectivity index (χ0) is 13.7. The second-order valence-corrected chi connectivity index (χ2v) is 4.60. The first-order valence-corrected chi connectivity index (χ1v) is 6.09. The van der Waals surface area contributed by atoms with Crippen molar-refractivity contribution in [1.82, 2.24) is 0 Å². The van der Waals surface area contributed by atoms with Gasteiger partial charge in [-0.3, -0.25) is 10.2 Å². The Labute approximate surface area is 109 Å². The molecule has 0 bridgehead atoms. The molecule has 0 aliphatic carbocycles. The van der Waals surface area contributed by atoms with Gasteiger partial charge in [0.25, 0.3) is 0 Å². The van der Waals surface area contributed by atoms with E-state index < -0.39 is 5.91 Å². The largest absolute Gasteiger partial charge is 0.370 e. The third-order valence-electron chi connectivity index (χ3n) is 2.22. The molecule has 1 amide bonds. The number of primary amides is 1. The lowest BCUT2D eigenvalue weighted by molar-refractivity contribution is 0.1000. The summed E-state index contributed by atoms with van der Waals surface area (Å²) in [6.07, 6.45) is 0. The van der Waals surface area contributed by atoms with Gasteiger partial charge in [0.05, 0.1) is 0 Å². The average molecular weight is 265 g/mol. The molecular formula is C11H15N5OS. The maximum atomic E-state index is 11.0. The third kappa shape index (κ3) is 4.10. The van der Waals surface area contributed by atoms with Gasteiger partial charge in [-0.2, -0.15) is 4.99 Å². The number of nitrogens with two attached hydrogens (primary N) is 3. The van der Waals surface area contributed by atoms with Gasteiger partial charge in [-0.15, -0.1) is 0 Å². The molecule has 0 saturated heterocycles. The van der Waals surface area contributed by atoms with Crippen molar-refractivity contribution in [2.45, 2.75) is 12.7 Å². The van der Waals surface area contributed by atoms with E-state index >= 15 is 0 Å². The van der Waals surface area contributed by atoms with Crippen LogP contribution in [0.2, 0.25) is 0 Å². The van der Waals surface area contributed by atoms with E-state index in [-0.39, 0.29) is 11.1 Å². The van der Waals surface area contributed by atoms with E-state index in [1.54, 1.807) is 12.1 Å². The van der Waals surface area contributed by atoms with Crippen LogP contribution in [0, 0.1) is 12.3 Å². The lowest BCUT2D eigenvalue weighted by atomic mass is 10.1. The molecule has 0 aliphatic rings. The van der Waals surface area contributed by atoms with Crippen molar-refractivity contribution in [3.8, 4) is 0 Å². The highest BCUT2D eigenvalue weighted by Gasteiger charge is 2.05. The molecule has 1 rings (SSSR count). The van der Waals surface area contributed by atoms with Gasteiger partial charge in [-0.05, 0) is 30.2 Å². The lowest BCUT2D eigenvalue weighted by Crippen LogP contribution is -2.23. The second kappa shape index (κ2) is 6.06. The van der Waals surface area contributed by atoms with Crippen LogP contribution in [0.15, 0.2) is 23.2 Å². The Morgan fingerprint density at radius 1 is 1.39 bits per heavy atom. The minimum absolute atomic E-state index is 0.0494. The summed E-state index contributed by atoms with van der Waals surface area (Å²) in [5.41, 5.74) is 17.9. The van der Waals surface area contributed by atoms with E-state index in [0.717, 1.165) is 11.1 Å². The van der Waals surface area contributed by atoms with Crippen LogP contribution in [0.25, 0.3) is 0 Å². The van der Waals surface area contributed by atoms with Crippen LogP contribution in [-0.4, -0.2) is 17.0 Å². The normalized spacial score (nSPS) is 9.83. The average Bonchev–Trinajstić information content (AvgIpc) is 2.26. The lowest BCUT2D eigenvalue weighted by Gasteiger charge is -2.06. The van der Waals surface area contributed by atoms with Crippen LogP contribution in [0.1, 0.15) is 21.5 Å². The number of benzene rings is 1. The number of guanidine groups is 1. The zero-order valence-corrected chi connectivity index (χ0v) is 10.8. The molecule has 0 unspecified atom stereocenters. The van der Waals surface area contributed by atoms with E-state index in [1.165, 1.54) is 11.8 Å². The minimum atomic E-state index is -0.453. The highest BCUT2D eigenvalue weighted by molar-refractivity contribution is 8.13. The summed E-state index contributed by atoms with van der Waals surface area (Å²) in [6.45, 7) is 1.88. The molecule has 6 nitrogen and oxygen atoms in total. The predicted octanol–water partition coefficient (Wildman–Crippen LogP) is 0.535. The Morgan fingerprint density at radius 2 is 2.06 bits per heavy atom. The molecule has 1 aromatic rings. The number of amidine groups is 1. The number of aryl methyl sites for hydroxylation is 1. The van der Waals surface area contributed by atoms with Crippen LogP contribution in [0.3, 0.4) is 0 Å². The molecule has 7 heteroatoms. The van der Waals surface area contributed by atoms with Crippen molar-refractivity contribution < 1.29 is 4.79 Å². The Morgan fingerprint density at radius 3 is 2.56 bits per heavy atom. The van der Waals surface area contributed by atoms with E-state index in [0.29, 0.717) is 11.3 Å². The number of amides is 1. The third-order valence-corrected chi connectivity index (χ3v) is 3.04. The molecule has 0 atom stereocenters. The molecule has 0 fully saturated rings. The number of aliphatic imine (C=N–C) groups is 1. The molecule has 0 radical (unpaired) electrons. The number of carbonyl (C=O) groups is 1. The van der Waals surface area contributed by atoms with Gasteiger partial charge in [0.2, 0.25) is 5.91 Å². The van der Waals surface area contributed by atoms with E-state index in [9.17, 15) is 4.79 Å². The molecular weight excluding hydrogens is 250 g/mol. The van der Waals surface area contributed by atoms with Crippen LogP contribution in [0.4, 0.5) is 0 Å². The monoisotopic (exact) mass is 265 g/mol. The summed E-state index contributed by atoms with van der Waals surface area (Å²) in [4.78, 5) is 14.6. The summed E-state index contributed by atoms with van der Waals surface area (Å²) < 4.78 is 0. The van der Waals surface area contributed by atoms with Crippen molar-refractivity contribution in [1.29, 1.82) is 5.41 Å².